The largest absolute Gasteiger partial charge is 0.355 e. The maximum absolute atomic E-state index is 12.1. The van der Waals surface area contributed by atoms with Crippen LogP contribution >= 0.6 is 11.3 Å². The highest BCUT2D eigenvalue weighted by molar-refractivity contribution is 7.09. The Morgan fingerprint density at radius 2 is 2.35 bits per heavy atom. The van der Waals surface area contributed by atoms with E-state index in [1.165, 1.54) is 11.3 Å². The number of carbonyl (C=O) groups is 1. The molecule has 0 radical (unpaired) electrons. The van der Waals surface area contributed by atoms with Gasteiger partial charge in [-0.25, -0.2) is 0 Å². The van der Waals surface area contributed by atoms with Crippen LogP contribution in [-0.4, -0.2) is 26.0 Å². The molecule has 94 valence electrons. The van der Waals surface area contributed by atoms with Crippen LogP contribution in [0.2, 0.25) is 0 Å². The molecule has 1 aromatic heterocycles. The van der Waals surface area contributed by atoms with Crippen molar-refractivity contribution in [1.82, 2.24) is 10.6 Å². The molecule has 1 heterocycles. The average Bonchev–Trinajstić information content (AvgIpc) is 2.76. The van der Waals surface area contributed by atoms with Crippen LogP contribution in [0.5, 0.6) is 0 Å². The molecular weight excluding hydrogens is 232 g/mol. The molecule has 2 rings (SSSR count). The Labute approximate surface area is 107 Å². The molecule has 0 spiro atoms. The van der Waals surface area contributed by atoms with E-state index in [9.17, 15) is 4.79 Å². The Morgan fingerprint density at radius 1 is 1.53 bits per heavy atom. The summed E-state index contributed by atoms with van der Waals surface area (Å²) >= 11 is 1.75. The second-order valence-electron chi connectivity index (χ2n) is 4.75. The van der Waals surface area contributed by atoms with E-state index in [-0.39, 0.29) is 11.3 Å². The summed E-state index contributed by atoms with van der Waals surface area (Å²) in [5.74, 6) is 0.231. The first kappa shape index (κ1) is 12.6. The molecule has 0 saturated heterocycles. The van der Waals surface area contributed by atoms with Crippen molar-refractivity contribution in [3.8, 4) is 0 Å². The number of amides is 1. The van der Waals surface area contributed by atoms with Crippen LogP contribution in [0.4, 0.5) is 0 Å². The van der Waals surface area contributed by atoms with E-state index in [0.29, 0.717) is 0 Å². The molecule has 1 saturated carbocycles. The van der Waals surface area contributed by atoms with Gasteiger partial charge in [-0.1, -0.05) is 12.5 Å². The quantitative estimate of drug-likeness (QED) is 0.810. The summed E-state index contributed by atoms with van der Waals surface area (Å²) in [6, 6.07) is 4.17. The number of hydrogen-bond donors (Lipinski definition) is 2. The number of thiophene rings is 1. The van der Waals surface area contributed by atoms with Crippen LogP contribution in [0.25, 0.3) is 0 Å². The van der Waals surface area contributed by atoms with E-state index in [0.717, 1.165) is 32.4 Å². The first-order chi connectivity index (χ1) is 8.27. The Hall–Kier alpha value is -0.870. The topological polar surface area (TPSA) is 41.1 Å². The Kier molecular flexibility index (Phi) is 4.18. The molecule has 1 amide bonds. The Morgan fingerprint density at radius 3 is 2.88 bits per heavy atom. The average molecular weight is 252 g/mol. The number of rotatable bonds is 6. The number of carbonyl (C=O) groups excluding carboxylic acids is 1. The highest BCUT2D eigenvalue weighted by Gasteiger charge is 2.43. The van der Waals surface area contributed by atoms with Crippen molar-refractivity contribution in [1.29, 1.82) is 0 Å². The molecular formula is C13H20N2OS. The van der Waals surface area contributed by atoms with Crippen LogP contribution in [-0.2, 0) is 11.2 Å². The molecule has 0 bridgehead atoms. The van der Waals surface area contributed by atoms with Crippen LogP contribution in [0.3, 0.4) is 0 Å². The van der Waals surface area contributed by atoms with Crippen molar-refractivity contribution in [2.45, 2.75) is 25.7 Å². The van der Waals surface area contributed by atoms with E-state index < -0.39 is 0 Å². The molecule has 0 aromatic carbocycles. The summed E-state index contributed by atoms with van der Waals surface area (Å²) in [5, 5.41) is 8.29. The fourth-order valence-corrected chi connectivity index (χ4v) is 3.08. The summed E-state index contributed by atoms with van der Waals surface area (Å²) in [6.07, 6.45) is 4.18. The van der Waals surface area contributed by atoms with Crippen molar-refractivity contribution < 1.29 is 4.79 Å². The molecule has 0 unspecified atom stereocenters. The smallest absolute Gasteiger partial charge is 0.227 e. The Balaban J connectivity index is 1.76. The van der Waals surface area contributed by atoms with Gasteiger partial charge in [0.2, 0.25) is 5.91 Å². The van der Waals surface area contributed by atoms with Crippen molar-refractivity contribution >= 4 is 17.2 Å². The van der Waals surface area contributed by atoms with Crippen molar-refractivity contribution in [2.75, 3.05) is 20.1 Å². The van der Waals surface area contributed by atoms with Gasteiger partial charge in [0.1, 0.15) is 0 Å². The number of nitrogens with one attached hydrogen (secondary N) is 2. The summed E-state index contributed by atoms with van der Waals surface area (Å²) < 4.78 is 0. The van der Waals surface area contributed by atoms with Gasteiger partial charge >= 0.3 is 0 Å². The van der Waals surface area contributed by atoms with Crippen molar-refractivity contribution in [3.05, 3.63) is 22.4 Å². The normalized spacial score (nSPS) is 17.5. The molecule has 2 N–H and O–H groups in total. The molecule has 1 fully saturated rings. The molecule has 0 atom stereocenters. The first-order valence-electron chi connectivity index (χ1n) is 6.22. The van der Waals surface area contributed by atoms with E-state index in [1.54, 1.807) is 11.3 Å². The predicted octanol–water partition coefficient (Wildman–Crippen LogP) is 1.80. The summed E-state index contributed by atoms with van der Waals surface area (Å²) in [5.41, 5.74) is -0.121. The lowest BCUT2D eigenvalue weighted by Gasteiger charge is -2.40. The zero-order valence-electron chi connectivity index (χ0n) is 10.3. The van der Waals surface area contributed by atoms with Gasteiger partial charge in [-0.3, -0.25) is 4.79 Å². The lowest BCUT2D eigenvalue weighted by molar-refractivity contribution is -0.135. The number of hydrogen-bond acceptors (Lipinski definition) is 3. The van der Waals surface area contributed by atoms with Gasteiger partial charge in [-0.05, 0) is 37.8 Å². The van der Waals surface area contributed by atoms with Crippen LogP contribution in [0.1, 0.15) is 24.1 Å². The van der Waals surface area contributed by atoms with Crippen LogP contribution in [0, 0.1) is 5.41 Å². The molecule has 17 heavy (non-hydrogen) atoms. The van der Waals surface area contributed by atoms with Crippen LogP contribution < -0.4 is 10.6 Å². The van der Waals surface area contributed by atoms with E-state index >= 15 is 0 Å². The molecule has 1 aliphatic rings. The van der Waals surface area contributed by atoms with Crippen molar-refractivity contribution in [3.63, 3.8) is 0 Å². The maximum Gasteiger partial charge on any atom is 0.227 e. The molecule has 0 aliphatic heterocycles. The van der Waals surface area contributed by atoms with Gasteiger partial charge in [0.25, 0.3) is 0 Å². The van der Waals surface area contributed by atoms with E-state index in [4.69, 9.17) is 0 Å². The summed E-state index contributed by atoms with van der Waals surface area (Å²) in [6.45, 7) is 1.56. The monoisotopic (exact) mass is 252 g/mol. The molecule has 4 heteroatoms. The van der Waals surface area contributed by atoms with E-state index in [1.807, 2.05) is 7.05 Å². The third-order valence-corrected chi connectivity index (χ3v) is 4.48. The second kappa shape index (κ2) is 5.65. The zero-order chi connectivity index (χ0) is 12.1. The van der Waals surface area contributed by atoms with Gasteiger partial charge in [0.05, 0.1) is 5.41 Å². The lowest BCUT2D eigenvalue weighted by Crippen LogP contribution is -2.51. The van der Waals surface area contributed by atoms with Crippen LogP contribution in [0.15, 0.2) is 17.5 Å². The predicted molar refractivity (Wildman–Crippen MR) is 71.2 cm³/mol. The summed E-state index contributed by atoms with van der Waals surface area (Å²) in [4.78, 5) is 13.5. The van der Waals surface area contributed by atoms with Gasteiger partial charge in [0, 0.05) is 18.0 Å². The highest BCUT2D eigenvalue weighted by Crippen LogP contribution is 2.40. The standard InChI is InChI=1S/C13H20N2OS/c1-14-10-13(6-3-7-13)12(16)15-8-5-11-4-2-9-17-11/h2,4,9,14H,3,5-8,10H2,1H3,(H,15,16). The SMILES string of the molecule is CNCC1(C(=O)NCCc2cccs2)CCC1. The second-order valence-corrected chi connectivity index (χ2v) is 5.78. The zero-order valence-corrected chi connectivity index (χ0v) is 11.1. The molecule has 1 aliphatic carbocycles. The minimum atomic E-state index is -0.121. The maximum atomic E-state index is 12.1. The van der Waals surface area contributed by atoms with Gasteiger partial charge < -0.3 is 10.6 Å². The minimum Gasteiger partial charge on any atom is -0.355 e. The highest BCUT2D eigenvalue weighted by atomic mass is 32.1. The lowest BCUT2D eigenvalue weighted by atomic mass is 9.68. The minimum absolute atomic E-state index is 0.121. The van der Waals surface area contributed by atoms with Gasteiger partial charge in [-0.2, -0.15) is 0 Å². The summed E-state index contributed by atoms with van der Waals surface area (Å²) in [7, 11) is 1.92. The van der Waals surface area contributed by atoms with E-state index in [2.05, 4.69) is 28.1 Å². The molecule has 3 nitrogen and oxygen atoms in total. The third-order valence-electron chi connectivity index (χ3n) is 3.54. The Bertz CT molecular complexity index is 358. The third kappa shape index (κ3) is 2.87. The first-order valence-corrected chi connectivity index (χ1v) is 7.10. The van der Waals surface area contributed by atoms with Gasteiger partial charge in [-0.15, -0.1) is 11.3 Å². The van der Waals surface area contributed by atoms with Gasteiger partial charge in [0.15, 0.2) is 0 Å². The fourth-order valence-electron chi connectivity index (χ4n) is 2.37. The van der Waals surface area contributed by atoms with Crippen molar-refractivity contribution in [2.24, 2.45) is 5.41 Å². The molecule has 1 aromatic rings. The fraction of sp³-hybridized carbons (Fsp3) is 0.615.